The molecular formula is C15H16ClNO3. The van der Waals surface area contributed by atoms with E-state index in [1.807, 2.05) is 6.92 Å². The number of H-pyrrole nitrogens is 1. The highest BCUT2D eigenvalue weighted by atomic mass is 35.5. The predicted octanol–water partition coefficient (Wildman–Crippen LogP) is 3.31. The van der Waals surface area contributed by atoms with Crippen LogP contribution < -0.4 is 5.56 Å². The normalized spacial score (nSPS) is 11.1. The zero-order valence-electron chi connectivity index (χ0n) is 11.6. The Labute approximate surface area is 121 Å². The van der Waals surface area contributed by atoms with Crippen molar-refractivity contribution in [1.82, 2.24) is 4.98 Å². The van der Waals surface area contributed by atoms with Gasteiger partial charge < -0.3 is 9.72 Å². The number of halogens is 1. The van der Waals surface area contributed by atoms with Gasteiger partial charge >= 0.3 is 5.97 Å². The van der Waals surface area contributed by atoms with Gasteiger partial charge in [-0.1, -0.05) is 18.5 Å². The van der Waals surface area contributed by atoms with Gasteiger partial charge in [0.25, 0.3) is 5.56 Å². The Kier molecular flexibility index (Phi) is 4.14. The average molecular weight is 294 g/mol. The van der Waals surface area contributed by atoms with Gasteiger partial charge in [-0.3, -0.25) is 4.79 Å². The van der Waals surface area contributed by atoms with Gasteiger partial charge in [0.1, 0.15) is 0 Å². The summed E-state index contributed by atoms with van der Waals surface area (Å²) in [6.45, 7) is 5.37. The third kappa shape index (κ3) is 2.70. The molecule has 1 aromatic carbocycles. The summed E-state index contributed by atoms with van der Waals surface area (Å²) in [7, 11) is 0. The number of benzene rings is 1. The van der Waals surface area contributed by atoms with Crippen molar-refractivity contribution >= 4 is 28.5 Å². The van der Waals surface area contributed by atoms with E-state index in [1.54, 1.807) is 32.0 Å². The fourth-order valence-corrected chi connectivity index (χ4v) is 2.32. The van der Waals surface area contributed by atoms with Crippen LogP contribution in [0.1, 0.15) is 36.7 Å². The number of aromatic amines is 1. The number of nitrogens with one attached hydrogen (secondary N) is 1. The van der Waals surface area contributed by atoms with E-state index < -0.39 is 5.97 Å². The minimum absolute atomic E-state index is 0.249. The SMILES string of the molecule is CCc1c(C(=O)OC(C)C)c2cc(Cl)ccc2[nH]c1=O. The van der Waals surface area contributed by atoms with E-state index in [9.17, 15) is 9.59 Å². The van der Waals surface area contributed by atoms with Crippen LogP contribution in [-0.2, 0) is 11.2 Å². The average Bonchev–Trinajstić information content (AvgIpc) is 2.36. The van der Waals surface area contributed by atoms with Crippen LogP contribution in [0.5, 0.6) is 0 Å². The molecule has 0 saturated heterocycles. The monoisotopic (exact) mass is 293 g/mol. The Morgan fingerprint density at radius 1 is 1.40 bits per heavy atom. The maximum absolute atomic E-state index is 12.3. The van der Waals surface area contributed by atoms with Gasteiger partial charge in [0.05, 0.1) is 11.7 Å². The van der Waals surface area contributed by atoms with Gasteiger partial charge in [-0.15, -0.1) is 0 Å². The highest BCUT2D eigenvalue weighted by Gasteiger charge is 2.20. The van der Waals surface area contributed by atoms with Crippen molar-refractivity contribution in [2.45, 2.75) is 33.3 Å². The number of fused-ring (bicyclic) bond motifs is 1. The molecule has 0 atom stereocenters. The molecule has 0 aliphatic rings. The molecule has 0 saturated carbocycles. The van der Waals surface area contributed by atoms with E-state index in [4.69, 9.17) is 16.3 Å². The van der Waals surface area contributed by atoms with Crippen LogP contribution in [-0.4, -0.2) is 17.1 Å². The lowest BCUT2D eigenvalue weighted by Gasteiger charge is -2.13. The first-order chi connectivity index (χ1) is 9.43. The molecule has 1 N–H and O–H groups in total. The Hall–Kier alpha value is -1.81. The van der Waals surface area contributed by atoms with Crippen LogP contribution >= 0.6 is 11.6 Å². The summed E-state index contributed by atoms with van der Waals surface area (Å²) >= 11 is 5.99. The standard InChI is InChI=1S/C15H16ClNO3/c1-4-10-13(15(19)20-8(2)3)11-7-9(16)5-6-12(11)17-14(10)18/h5-8H,4H2,1-3H3,(H,17,18). The summed E-state index contributed by atoms with van der Waals surface area (Å²) in [5, 5.41) is 1.12. The van der Waals surface area contributed by atoms with Crippen molar-refractivity contribution in [3.05, 3.63) is 44.7 Å². The second-order valence-corrected chi connectivity index (χ2v) is 5.24. The van der Waals surface area contributed by atoms with E-state index >= 15 is 0 Å². The fourth-order valence-electron chi connectivity index (χ4n) is 2.15. The van der Waals surface area contributed by atoms with Crippen molar-refractivity contribution in [2.24, 2.45) is 0 Å². The van der Waals surface area contributed by atoms with E-state index in [-0.39, 0.29) is 11.7 Å². The minimum Gasteiger partial charge on any atom is -0.459 e. The number of aromatic nitrogens is 1. The maximum Gasteiger partial charge on any atom is 0.339 e. The lowest BCUT2D eigenvalue weighted by atomic mass is 10.0. The highest BCUT2D eigenvalue weighted by Crippen LogP contribution is 2.23. The molecular weight excluding hydrogens is 278 g/mol. The zero-order valence-corrected chi connectivity index (χ0v) is 12.4. The van der Waals surface area contributed by atoms with Crippen molar-refractivity contribution in [3.8, 4) is 0 Å². The number of rotatable bonds is 3. The lowest BCUT2D eigenvalue weighted by molar-refractivity contribution is 0.0379. The van der Waals surface area contributed by atoms with Crippen LogP contribution in [0.2, 0.25) is 5.02 Å². The molecule has 0 bridgehead atoms. The van der Waals surface area contributed by atoms with Crippen LogP contribution in [0.15, 0.2) is 23.0 Å². The molecule has 0 amide bonds. The molecule has 1 aromatic heterocycles. The lowest BCUT2D eigenvalue weighted by Crippen LogP contribution is -2.21. The van der Waals surface area contributed by atoms with Gasteiger partial charge in [-0.2, -0.15) is 0 Å². The summed E-state index contributed by atoms with van der Waals surface area (Å²) in [4.78, 5) is 27.1. The van der Waals surface area contributed by atoms with Crippen LogP contribution in [0.25, 0.3) is 10.9 Å². The number of hydrogen-bond acceptors (Lipinski definition) is 3. The van der Waals surface area contributed by atoms with E-state index in [0.717, 1.165) is 0 Å². The Balaban J connectivity index is 2.79. The third-order valence-corrected chi connectivity index (χ3v) is 3.21. The Morgan fingerprint density at radius 3 is 2.70 bits per heavy atom. The second-order valence-electron chi connectivity index (χ2n) is 4.81. The Bertz CT molecular complexity index is 719. The molecule has 106 valence electrons. The molecule has 4 nitrogen and oxygen atoms in total. The molecule has 20 heavy (non-hydrogen) atoms. The molecule has 0 radical (unpaired) electrons. The van der Waals surface area contributed by atoms with Gasteiger partial charge in [0.2, 0.25) is 0 Å². The summed E-state index contributed by atoms with van der Waals surface area (Å²) in [5.74, 6) is -0.491. The number of hydrogen-bond donors (Lipinski definition) is 1. The predicted molar refractivity (Wildman–Crippen MR) is 79.5 cm³/mol. The van der Waals surface area contributed by atoms with Crippen LogP contribution in [0.4, 0.5) is 0 Å². The minimum atomic E-state index is -0.491. The number of pyridine rings is 1. The molecule has 1 heterocycles. The summed E-state index contributed by atoms with van der Waals surface area (Å²) in [5.41, 5.74) is 1.04. The molecule has 0 aliphatic heterocycles. The first kappa shape index (κ1) is 14.6. The van der Waals surface area contributed by atoms with Crippen molar-refractivity contribution in [1.29, 1.82) is 0 Å². The largest absolute Gasteiger partial charge is 0.459 e. The van der Waals surface area contributed by atoms with Crippen molar-refractivity contribution in [3.63, 3.8) is 0 Å². The molecule has 0 fully saturated rings. The first-order valence-corrected chi connectivity index (χ1v) is 6.87. The Morgan fingerprint density at radius 2 is 2.10 bits per heavy atom. The van der Waals surface area contributed by atoms with E-state index in [1.165, 1.54) is 0 Å². The number of ether oxygens (including phenoxy) is 1. The fraction of sp³-hybridized carbons (Fsp3) is 0.333. The molecule has 0 unspecified atom stereocenters. The van der Waals surface area contributed by atoms with Gasteiger partial charge in [0.15, 0.2) is 0 Å². The third-order valence-electron chi connectivity index (χ3n) is 2.98. The highest BCUT2D eigenvalue weighted by molar-refractivity contribution is 6.31. The quantitative estimate of drug-likeness (QED) is 0.883. The molecule has 0 aliphatic carbocycles. The maximum atomic E-state index is 12.3. The zero-order chi connectivity index (χ0) is 14.9. The summed E-state index contributed by atoms with van der Waals surface area (Å²) in [6.07, 6.45) is 0.195. The van der Waals surface area contributed by atoms with E-state index in [0.29, 0.717) is 33.5 Å². The van der Waals surface area contributed by atoms with E-state index in [2.05, 4.69) is 4.98 Å². The summed E-state index contributed by atoms with van der Waals surface area (Å²) < 4.78 is 5.25. The topological polar surface area (TPSA) is 59.2 Å². The number of carbonyl (C=O) groups is 1. The van der Waals surface area contributed by atoms with Gasteiger partial charge in [-0.05, 0) is 38.5 Å². The van der Waals surface area contributed by atoms with Gasteiger partial charge in [-0.25, -0.2) is 4.79 Å². The summed E-state index contributed by atoms with van der Waals surface area (Å²) in [6, 6.07) is 5.02. The van der Waals surface area contributed by atoms with Crippen LogP contribution in [0.3, 0.4) is 0 Å². The number of carbonyl (C=O) groups excluding carboxylic acids is 1. The van der Waals surface area contributed by atoms with Crippen molar-refractivity contribution in [2.75, 3.05) is 0 Å². The number of esters is 1. The second kappa shape index (κ2) is 5.67. The molecule has 2 rings (SSSR count). The van der Waals surface area contributed by atoms with Gasteiger partial charge in [0, 0.05) is 21.5 Å². The molecule has 2 aromatic rings. The first-order valence-electron chi connectivity index (χ1n) is 6.49. The molecule has 5 heteroatoms. The molecule has 0 spiro atoms. The van der Waals surface area contributed by atoms with Crippen molar-refractivity contribution < 1.29 is 9.53 Å². The van der Waals surface area contributed by atoms with Crippen LogP contribution in [0, 0.1) is 0 Å². The smallest absolute Gasteiger partial charge is 0.339 e.